The Morgan fingerprint density at radius 3 is 3.13 bits per heavy atom. The van der Waals surface area contributed by atoms with Gasteiger partial charge in [-0.1, -0.05) is 6.92 Å². The molecule has 2 rings (SSSR count). The summed E-state index contributed by atoms with van der Waals surface area (Å²) in [7, 11) is 1.95. The van der Waals surface area contributed by atoms with Crippen LogP contribution in [0.4, 0.5) is 0 Å². The Labute approximate surface area is 90.4 Å². The minimum absolute atomic E-state index is 0.296. The first-order valence-electron chi connectivity index (χ1n) is 5.42. The minimum atomic E-state index is 0.296. The summed E-state index contributed by atoms with van der Waals surface area (Å²) in [5.74, 6) is 1.90. The Bertz CT molecular complexity index is 338. The second kappa shape index (κ2) is 4.53. The van der Waals surface area contributed by atoms with Crippen LogP contribution in [0.2, 0.25) is 0 Å². The molecule has 1 aromatic carbocycles. The van der Waals surface area contributed by atoms with E-state index in [1.807, 2.05) is 19.2 Å². The summed E-state index contributed by atoms with van der Waals surface area (Å²) in [6.07, 6.45) is 1.03. The zero-order valence-corrected chi connectivity index (χ0v) is 9.25. The molecule has 1 N–H and O–H groups in total. The fourth-order valence-electron chi connectivity index (χ4n) is 1.74. The van der Waals surface area contributed by atoms with Crippen molar-refractivity contribution in [3.05, 3.63) is 23.8 Å². The largest absolute Gasteiger partial charge is 0.494 e. The minimum Gasteiger partial charge on any atom is -0.494 e. The van der Waals surface area contributed by atoms with Gasteiger partial charge in [0, 0.05) is 5.56 Å². The lowest BCUT2D eigenvalue weighted by atomic mass is 10.1. The van der Waals surface area contributed by atoms with E-state index in [4.69, 9.17) is 9.47 Å². The number of hydrogen-bond acceptors (Lipinski definition) is 3. The van der Waals surface area contributed by atoms with E-state index in [1.54, 1.807) is 0 Å². The van der Waals surface area contributed by atoms with Gasteiger partial charge in [0.15, 0.2) is 0 Å². The van der Waals surface area contributed by atoms with E-state index in [9.17, 15) is 0 Å². The molecular weight excluding hydrogens is 190 g/mol. The van der Waals surface area contributed by atoms with Crippen molar-refractivity contribution in [2.45, 2.75) is 19.4 Å². The van der Waals surface area contributed by atoms with Gasteiger partial charge in [0.2, 0.25) is 0 Å². The average molecular weight is 207 g/mol. The van der Waals surface area contributed by atoms with Gasteiger partial charge in [-0.3, -0.25) is 0 Å². The smallest absolute Gasteiger partial charge is 0.124 e. The number of rotatable bonds is 4. The maximum absolute atomic E-state index is 5.59. The number of benzene rings is 1. The maximum Gasteiger partial charge on any atom is 0.124 e. The highest BCUT2D eigenvalue weighted by atomic mass is 16.5. The molecule has 1 unspecified atom stereocenters. The van der Waals surface area contributed by atoms with Crippen molar-refractivity contribution in [2.24, 2.45) is 0 Å². The molecule has 0 saturated carbocycles. The van der Waals surface area contributed by atoms with Gasteiger partial charge in [-0.2, -0.15) is 0 Å². The van der Waals surface area contributed by atoms with Crippen LogP contribution in [-0.4, -0.2) is 20.3 Å². The Morgan fingerprint density at radius 1 is 1.53 bits per heavy atom. The number of nitrogens with one attached hydrogen (secondary N) is 1. The molecule has 1 aliphatic heterocycles. The molecule has 0 fully saturated rings. The maximum atomic E-state index is 5.59. The summed E-state index contributed by atoms with van der Waals surface area (Å²) in [4.78, 5) is 0. The van der Waals surface area contributed by atoms with Crippen molar-refractivity contribution in [2.75, 3.05) is 20.3 Å². The molecule has 0 bridgehead atoms. The van der Waals surface area contributed by atoms with Crippen LogP contribution in [-0.2, 0) is 0 Å². The van der Waals surface area contributed by atoms with Gasteiger partial charge in [-0.25, -0.2) is 0 Å². The Hall–Kier alpha value is -1.22. The lowest BCUT2D eigenvalue weighted by Crippen LogP contribution is -2.17. The van der Waals surface area contributed by atoms with Gasteiger partial charge in [0.05, 0.1) is 12.6 Å². The quantitative estimate of drug-likeness (QED) is 0.820. The van der Waals surface area contributed by atoms with E-state index >= 15 is 0 Å². The first-order chi connectivity index (χ1) is 7.35. The van der Waals surface area contributed by atoms with Gasteiger partial charge in [0.1, 0.15) is 18.1 Å². The highest BCUT2D eigenvalue weighted by Gasteiger charge is 2.22. The predicted octanol–water partition coefficient (Wildman–Crippen LogP) is 2.13. The number of ether oxygens (including phenoxy) is 2. The third-order valence-corrected chi connectivity index (χ3v) is 2.58. The van der Waals surface area contributed by atoms with Crippen molar-refractivity contribution in [3.8, 4) is 11.5 Å². The van der Waals surface area contributed by atoms with Crippen LogP contribution in [0.3, 0.4) is 0 Å². The van der Waals surface area contributed by atoms with E-state index < -0.39 is 0 Å². The first kappa shape index (κ1) is 10.3. The van der Waals surface area contributed by atoms with Crippen molar-refractivity contribution in [3.63, 3.8) is 0 Å². The normalized spacial score (nSPS) is 18.4. The van der Waals surface area contributed by atoms with Gasteiger partial charge >= 0.3 is 0 Å². The number of fused-ring (bicyclic) bond motifs is 1. The van der Waals surface area contributed by atoms with Crippen LogP contribution in [0.5, 0.6) is 11.5 Å². The fraction of sp³-hybridized carbons (Fsp3) is 0.500. The molecule has 3 nitrogen and oxygen atoms in total. The average Bonchev–Trinajstić information content (AvgIpc) is 2.68. The van der Waals surface area contributed by atoms with Gasteiger partial charge < -0.3 is 14.8 Å². The predicted molar refractivity (Wildman–Crippen MR) is 59.5 cm³/mol. The topological polar surface area (TPSA) is 30.5 Å². The molecule has 0 saturated heterocycles. The van der Waals surface area contributed by atoms with Crippen LogP contribution in [0.1, 0.15) is 24.9 Å². The summed E-state index contributed by atoms with van der Waals surface area (Å²) in [6, 6.07) is 6.31. The molecule has 1 aromatic rings. The molecule has 1 aliphatic rings. The van der Waals surface area contributed by atoms with Crippen molar-refractivity contribution >= 4 is 0 Å². The molecule has 0 amide bonds. The first-order valence-corrected chi connectivity index (χ1v) is 5.42. The molecule has 15 heavy (non-hydrogen) atoms. The van der Waals surface area contributed by atoms with Crippen LogP contribution >= 0.6 is 0 Å². The standard InChI is InChI=1S/C12H17NO2/c1-3-6-14-9-4-5-12-10(7-9)11(13-2)8-15-12/h4-5,7,11,13H,3,6,8H2,1-2H3. The molecule has 0 aliphatic carbocycles. The molecule has 1 atom stereocenters. The molecule has 1 heterocycles. The van der Waals surface area contributed by atoms with Crippen molar-refractivity contribution in [1.29, 1.82) is 0 Å². The number of hydrogen-bond donors (Lipinski definition) is 1. The van der Waals surface area contributed by atoms with Crippen LogP contribution < -0.4 is 14.8 Å². The Kier molecular flexibility index (Phi) is 3.11. The molecule has 3 heteroatoms. The lowest BCUT2D eigenvalue weighted by molar-refractivity contribution is 0.316. The third kappa shape index (κ3) is 2.07. The summed E-state index contributed by atoms with van der Waals surface area (Å²) >= 11 is 0. The highest BCUT2D eigenvalue weighted by molar-refractivity contribution is 5.44. The van der Waals surface area contributed by atoms with Crippen LogP contribution in [0.15, 0.2) is 18.2 Å². The summed E-state index contributed by atoms with van der Waals surface area (Å²) in [6.45, 7) is 3.58. The Balaban J connectivity index is 2.17. The summed E-state index contributed by atoms with van der Waals surface area (Å²) in [5.41, 5.74) is 1.20. The third-order valence-electron chi connectivity index (χ3n) is 2.58. The SMILES string of the molecule is CCCOc1ccc2c(c1)C(NC)CO2. The van der Waals surface area contributed by atoms with Gasteiger partial charge in [-0.05, 0) is 31.7 Å². The van der Waals surface area contributed by atoms with E-state index in [-0.39, 0.29) is 0 Å². The van der Waals surface area contributed by atoms with E-state index in [0.717, 1.165) is 24.5 Å². The highest BCUT2D eigenvalue weighted by Crippen LogP contribution is 2.34. The van der Waals surface area contributed by atoms with Crippen LogP contribution in [0.25, 0.3) is 0 Å². The zero-order chi connectivity index (χ0) is 10.7. The van der Waals surface area contributed by atoms with E-state index in [2.05, 4.69) is 18.3 Å². The molecule has 0 radical (unpaired) electrons. The lowest BCUT2D eigenvalue weighted by Gasteiger charge is -2.09. The van der Waals surface area contributed by atoms with Crippen molar-refractivity contribution < 1.29 is 9.47 Å². The zero-order valence-electron chi connectivity index (χ0n) is 9.25. The van der Waals surface area contributed by atoms with Crippen LogP contribution in [0, 0.1) is 0 Å². The van der Waals surface area contributed by atoms with Gasteiger partial charge in [-0.15, -0.1) is 0 Å². The molecule has 0 aromatic heterocycles. The summed E-state index contributed by atoms with van der Waals surface area (Å²) in [5, 5.41) is 3.22. The van der Waals surface area contributed by atoms with Gasteiger partial charge in [0.25, 0.3) is 0 Å². The second-order valence-corrected chi connectivity index (χ2v) is 3.70. The fourth-order valence-corrected chi connectivity index (χ4v) is 1.74. The van der Waals surface area contributed by atoms with Crippen molar-refractivity contribution in [1.82, 2.24) is 5.32 Å². The summed E-state index contributed by atoms with van der Waals surface area (Å²) < 4.78 is 11.1. The van der Waals surface area contributed by atoms with E-state index in [1.165, 1.54) is 5.56 Å². The molecule has 82 valence electrons. The molecular formula is C12H17NO2. The monoisotopic (exact) mass is 207 g/mol. The Morgan fingerprint density at radius 2 is 2.40 bits per heavy atom. The van der Waals surface area contributed by atoms with E-state index in [0.29, 0.717) is 12.6 Å². The molecule has 0 spiro atoms. The second-order valence-electron chi connectivity index (χ2n) is 3.70. The number of likely N-dealkylation sites (N-methyl/N-ethyl adjacent to an activating group) is 1.